The van der Waals surface area contributed by atoms with Gasteiger partial charge in [-0.25, -0.2) is 0 Å². The second-order valence-corrected chi connectivity index (χ2v) is 6.10. The van der Waals surface area contributed by atoms with E-state index in [9.17, 15) is 14.7 Å². The van der Waals surface area contributed by atoms with E-state index in [0.29, 0.717) is 32.2 Å². The Bertz CT molecular complexity index is 575. The number of nitrogens with two attached hydrogens (primary N) is 1. The molecule has 1 aromatic carbocycles. The van der Waals surface area contributed by atoms with Crippen LogP contribution < -0.4 is 10.5 Å². The molecular weight excluding hydrogens is 296 g/mol. The van der Waals surface area contributed by atoms with E-state index in [1.165, 1.54) is 0 Å². The third-order valence-electron chi connectivity index (χ3n) is 4.21. The Morgan fingerprint density at radius 3 is 2.83 bits per heavy atom. The van der Waals surface area contributed by atoms with Gasteiger partial charge in [-0.2, -0.15) is 0 Å². The number of primary amides is 1. The fourth-order valence-electron chi connectivity index (χ4n) is 3.10. The van der Waals surface area contributed by atoms with Gasteiger partial charge < -0.3 is 20.5 Å². The summed E-state index contributed by atoms with van der Waals surface area (Å²) >= 11 is 0. The van der Waals surface area contributed by atoms with E-state index < -0.39 is 11.5 Å². The maximum absolute atomic E-state index is 12.4. The van der Waals surface area contributed by atoms with Crippen LogP contribution in [0.4, 0.5) is 0 Å². The normalized spacial score (nSPS) is 21.0. The molecule has 1 heterocycles. The van der Waals surface area contributed by atoms with Gasteiger partial charge in [0.05, 0.1) is 19.1 Å². The van der Waals surface area contributed by atoms with Gasteiger partial charge in [0.1, 0.15) is 5.75 Å². The van der Waals surface area contributed by atoms with Crippen molar-refractivity contribution >= 4 is 11.8 Å². The largest absolute Gasteiger partial charge is 0.496 e. The van der Waals surface area contributed by atoms with Crippen LogP contribution in [0.3, 0.4) is 0 Å². The molecule has 6 nitrogen and oxygen atoms in total. The van der Waals surface area contributed by atoms with E-state index in [1.807, 2.05) is 24.3 Å². The maximum Gasteiger partial charge on any atom is 0.223 e. The van der Waals surface area contributed by atoms with E-state index in [-0.39, 0.29) is 18.9 Å². The smallest absolute Gasteiger partial charge is 0.223 e. The van der Waals surface area contributed by atoms with Crippen molar-refractivity contribution in [2.45, 2.75) is 37.7 Å². The molecule has 2 amide bonds. The zero-order valence-electron chi connectivity index (χ0n) is 13.5. The van der Waals surface area contributed by atoms with Gasteiger partial charge in [-0.05, 0) is 30.9 Å². The summed E-state index contributed by atoms with van der Waals surface area (Å²) in [5.74, 6) is 0.193. The van der Waals surface area contributed by atoms with Crippen molar-refractivity contribution in [3.63, 3.8) is 0 Å². The number of para-hydroxylation sites is 1. The molecule has 0 radical (unpaired) electrons. The zero-order valence-corrected chi connectivity index (χ0v) is 13.5. The van der Waals surface area contributed by atoms with E-state index in [1.54, 1.807) is 12.0 Å². The Balaban J connectivity index is 1.94. The lowest BCUT2D eigenvalue weighted by atomic mass is 9.89. The van der Waals surface area contributed by atoms with Gasteiger partial charge in [0.2, 0.25) is 11.8 Å². The van der Waals surface area contributed by atoms with Gasteiger partial charge in [0, 0.05) is 19.5 Å². The number of ether oxygens (including phenoxy) is 1. The van der Waals surface area contributed by atoms with Gasteiger partial charge in [0.15, 0.2) is 0 Å². The van der Waals surface area contributed by atoms with Crippen LogP contribution in [0.25, 0.3) is 0 Å². The van der Waals surface area contributed by atoms with Crippen molar-refractivity contribution in [3.05, 3.63) is 29.8 Å². The molecule has 1 fully saturated rings. The Morgan fingerprint density at radius 1 is 1.39 bits per heavy atom. The number of carbonyl (C=O) groups is 2. The number of benzene rings is 1. The van der Waals surface area contributed by atoms with Crippen LogP contribution in [0.1, 0.15) is 31.2 Å². The van der Waals surface area contributed by atoms with Crippen molar-refractivity contribution in [2.24, 2.45) is 5.73 Å². The summed E-state index contributed by atoms with van der Waals surface area (Å²) in [6.45, 7) is 0.770. The SMILES string of the molecule is COc1ccccc1CCC(=O)N1CCCC(O)(CC(N)=O)C1. The minimum Gasteiger partial charge on any atom is -0.496 e. The number of hydrogen-bond donors (Lipinski definition) is 2. The molecule has 6 heteroatoms. The molecule has 1 aromatic rings. The Labute approximate surface area is 136 Å². The van der Waals surface area contributed by atoms with Crippen LogP contribution in [0.15, 0.2) is 24.3 Å². The highest BCUT2D eigenvalue weighted by Gasteiger charge is 2.36. The lowest BCUT2D eigenvalue weighted by molar-refractivity contribution is -0.141. The van der Waals surface area contributed by atoms with E-state index >= 15 is 0 Å². The molecule has 1 saturated heterocycles. The van der Waals surface area contributed by atoms with Crippen LogP contribution in [0.5, 0.6) is 5.75 Å². The number of likely N-dealkylation sites (tertiary alicyclic amines) is 1. The molecule has 0 spiro atoms. The molecular formula is C17H24N2O4. The summed E-state index contributed by atoms with van der Waals surface area (Å²) in [5, 5.41) is 10.4. The number of β-amino-alcohol motifs (C(OH)–C–C–N with tert-alkyl or cyclic N) is 1. The average molecular weight is 320 g/mol. The molecule has 0 saturated carbocycles. The number of rotatable bonds is 6. The molecule has 126 valence electrons. The number of hydrogen-bond acceptors (Lipinski definition) is 4. The Kier molecular flexibility index (Phi) is 5.60. The standard InChI is InChI=1S/C17H24N2O4/c1-23-14-6-3-2-5-13(14)7-8-16(21)19-10-4-9-17(22,12-19)11-15(18)20/h2-3,5-6,22H,4,7-12H2,1H3,(H2,18,20). The zero-order chi connectivity index (χ0) is 16.9. The molecule has 23 heavy (non-hydrogen) atoms. The van der Waals surface area contributed by atoms with E-state index in [0.717, 1.165) is 11.3 Å². The maximum atomic E-state index is 12.4. The number of piperidine rings is 1. The van der Waals surface area contributed by atoms with Crippen molar-refractivity contribution in [3.8, 4) is 5.75 Å². The number of methoxy groups -OCH3 is 1. The summed E-state index contributed by atoms with van der Waals surface area (Å²) in [4.78, 5) is 25.1. The van der Waals surface area contributed by atoms with Crippen LogP contribution in [0.2, 0.25) is 0 Å². The van der Waals surface area contributed by atoms with Crippen LogP contribution in [0, 0.1) is 0 Å². The van der Waals surface area contributed by atoms with Gasteiger partial charge in [-0.3, -0.25) is 9.59 Å². The first-order chi connectivity index (χ1) is 10.9. The Morgan fingerprint density at radius 2 is 2.13 bits per heavy atom. The molecule has 2 rings (SSSR count). The topological polar surface area (TPSA) is 92.9 Å². The highest BCUT2D eigenvalue weighted by molar-refractivity contribution is 5.78. The molecule has 0 bridgehead atoms. The predicted octanol–water partition coefficient (Wildman–Crippen LogP) is 0.857. The third kappa shape index (κ3) is 4.69. The minimum atomic E-state index is -1.19. The number of carbonyl (C=O) groups excluding carboxylic acids is 2. The molecule has 1 atom stereocenters. The monoisotopic (exact) mass is 320 g/mol. The number of nitrogens with zero attached hydrogens (tertiary/aromatic N) is 1. The summed E-state index contributed by atoms with van der Waals surface area (Å²) < 4.78 is 5.28. The lowest BCUT2D eigenvalue weighted by Crippen LogP contribution is -2.51. The minimum absolute atomic E-state index is 0.0292. The first-order valence-corrected chi connectivity index (χ1v) is 7.84. The highest BCUT2D eigenvalue weighted by atomic mass is 16.5. The van der Waals surface area contributed by atoms with E-state index in [2.05, 4.69) is 0 Å². The predicted molar refractivity (Wildman–Crippen MR) is 85.9 cm³/mol. The lowest BCUT2D eigenvalue weighted by Gasteiger charge is -2.38. The number of amides is 2. The van der Waals surface area contributed by atoms with Gasteiger partial charge in [0.25, 0.3) is 0 Å². The fraction of sp³-hybridized carbons (Fsp3) is 0.529. The summed E-state index contributed by atoms with van der Waals surface area (Å²) in [5.41, 5.74) is 4.97. The molecule has 3 N–H and O–H groups in total. The van der Waals surface area contributed by atoms with Crippen molar-refractivity contribution in [1.29, 1.82) is 0 Å². The average Bonchev–Trinajstić information content (AvgIpc) is 2.51. The number of aryl methyl sites for hydroxylation is 1. The third-order valence-corrected chi connectivity index (χ3v) is 4.21. The Hall–Kier alpha value is -2.08. The summed E-state index contributed by atoms with van der Waals surface area (Å²) in [6, 6.07) is 7.60. The molecule has 1 aliphatic rings. The molecule has 0 aromatic heterocycles. The first-order valence-electron chi connectivity index (χ1n) is 7.84. The molecule has 1 unspecified atom stereocenters. The quantitative estimate of drug-likeness (QED) is 0.813. The summed E-state index contributed by atoms with van der Waals surface area (Å²) in [6.07, 6.45) is 1.97. The first kappa shape index (κ1) is 17.3. The van der Waals surface area contributed by atoms with Gasteiger partial charge in [-0.1, -0.05) is 18.2 Å². The van der Waals surface area contributed by atoms with E-state index in [4.69, 9.17) is 10.5 Å². The molecule has 1 aliphatic heterocycles. The van der Waals surface area contributed by atoms with Crippen molar-refractivity contribution < 1.29 is 19.4 Å². The second-order valence-electron chi connectivity index (χ2n) is 6.10. The van der Waals surface area contributed by atoms with Gasteiger partial charge in [-0.15, -0.1) is 0 Å². The van der Waals surface area contributed by atoms with Crippen molar-refractivity contribution in [2.75, 3.05) is 20.2 Å². The van der Waals surface area contributed by atoms with Crippen LogP contribution >= 0.6 is 0 Å². The van der Waals surface area contributed by atoms with Crippen LogP contribution in [-0.2, 0) is 16.0 Å². The summed E-state index contributed by atoms with van der Waals surface area (Å²) in [7, 11) is 1.61. The van der Waals surface area contributed by atoms with Gasteiger partial charge >= 0.3 is 0 Å². The fourth-order valence-corrected chi connectivity index (χ4v) is 3.10. The van der Waals surface area contributed by atoms with Crippen molar-refractivity contribution in [1.82, 2.24) is 4.90 Å². The molecule has 0 aliphatic carbocycles. The highest BCUT2D eigenvalue weighted by Crippen LogP contribution is 2.25. The number of aliphatic hydroxyl groups is 1. The van der Waals surface area contributed by atoms with Crippen LogP contribution in [-0.4, -0.2) is 47.6 Å². The second kappa shape index (κ2) is 7.46.